The van der Waals surface area contributed by atoms with Crippen LogP contribution in [0.1, 0.15) is 45.1 Å². The minimum Gasteiger partial charge on any atom is -0.493 e. The van der Waals surface area contributed by atoms with Crippen molar-refractivity contribution in [2.45, 2.75) is 39.5 Å². The van der Waals surface area contributed by atoms with Crippen LogP contribution < -0.4 is 4.74 Å². The second-order valence-corrected chi connectivity index (χ2v) is 4.48. The molecule has 0 N–H and O–H groups in total. The van der Waals surface area contributed by atoms with Gasteiger partial charge in [0.15, 0.2) is 0 Å². The Bertz CT molecular complexity index is 411. The van der Waals surface area contributed by atoms with Crippen LogP contribution in [0.2, 0.25) is 0 Å². The lowest BCUT2D eigenvalue weighted by atomic mass is 10.0. The smallest absolute Gasteiger partial charge is 0.144 e. The number of hydrogen-bond acceptors (Lipinski definition) is 2. The third-order valence-corrected chi connectivity index (χ3v) is 3.09. The normalized spacial score (nSPS) is 11.9. The molecule has 0 bridgehead atoms. The van der Waals surface area contributed by atoms with Gasteiger partial charge in [0.1, 0.15) is 17.6 Å². The molecule has 0 saturated carbocycles. The maximum Gasteiger partial charge on any atom is 0.144 e. The SMILES string of the molecule is CCCCC(CC)COc1ccc(C#N)c(F)c1. The van der Waals surface area contributed by atoms with Crippen LogP contribution >= 0.6 is 0 Å². The molecule has 1 aromatic rings. The van der Waals surface area contributed by atoms with Crippen molar-refractivity contribution in [3.63, 3.8) is 0 Å². The Labute approximate surface area is 108 Å². The van der Waals surface area contributed by atoms with Gasteiger partial charge in [0.2, 0.25) is 0 Å². The first-order valence-corrected chi connectivity index (χ1v) is 6.53. The van der Waals surface area contributed by atoms with Crippen molar-refractivity contribution in [3.8, 4) is 11.8 Å². The molecule has 2 nitrogen and oxygen atoms in total. The number of benzene rings is 1. The molecule has 18 heavy (non-hydrogen) atoms. The summed E-state index contributed by atoms with van der Waals surface area (Å²) in [5, 5.41) is 8.63. The van der Waals surface area contributed by atoms with Crippen molar-refractivity contribution < 1.29 is 9.13 Å². The van der Waals surface area contributed by atoms with Gasteiger partial charge in [-0.15, -0.1) is 0 Å². The van der Waals surface area contributed by atoms with Crippen LogP contribution in [0, 0.1) is 23.1 Å². The van der Waals surface area contributed by atoms with Gasteiger partial charge in [0.25, 0.3) is 0 Å². The van der Waals surface area contributed by atoms with Crippen LogP contribution in [-0.4, -0.2) is 6.61 Å². The van der Waals surface area contributed by atoms with E-state index in [-0.39, 0.29) is 5.56 Å². The molecule has 0 aliphatic heterocycles. The highest BCUT2D eigenvalue weighted by molar-refractivity contribution is 5.36. The van der Waals surface area contributed by atoms with E-state index in [1.165, 1.54) is 25.0 Å². The number of hydrogen-bond donors (Lipinski definition) is 0. The number of ether oxygens (including phenoxy) is 1. The largest absolute Gasteiger partial charge is 0.493 e. The summed E-state index contributed by atoms with van der Waals surface area (Å²) in [7, 11) is 0. The fourth-order valence-electron chi connectivity index (χ4n) is 1.79. The molecule has 0 amide bonds. The molecular weight excluding hydrogens is 229 g/mol. The van der Waals surface area contributed by atoms with Crippen LogP contribution in [-0.2, 0) is 0 Å². The Morgan fingerprint density at radius 3 is 2.72 bits per heavy atom. The standard InChI is InChI=1S/C15H20FNO/c1-3-5-6-12(4-2)11-18-14-8-7-13(10-17)15(16)9-14/h7-9,12H,3-6,11H2,1-2H3. The number of unbranched alkanes of at least 4 members (excludes halogenated alkanes) is 1. The summed E-state index contributed by atoms with van der Waals surface area (Å²) in [5.41, 5.74) is 0.0559. The lowest BCUT2D eigenvalue weighted by Crippen LogP contribution is -2.11. The first-order chi connectivity index (χ1) is 8.71. The van der Waals surface area contributed by atoms with E-state index in [1.54, 1.807) is 12.1 Å². The van der Waals surface area contributed by atoms with Gasteiger partial charge in [-0.25, -0.2) is 4.39 Å². The molecule has 1 unspecified atom stereocenters. The summed E-state index contributed by atoms with van der Waals surface area (Å²) in [6.45, 7) is 4.93. The maximum atomic E-state index is 13.4. The molecule has 98 valence electrons. The molecule has 0 radical (unpaired) electrons. The maximum absolute atomic E-state index is 13.4. The summed E-state index contributed by atoms with van der Waals surface area (Å²) in [6, 6.07) is 6.18. The Balaban J connectivity index is 2.52. The number of nitriles is 1. The number of halogens is 1. The zero-order valence-corrected chi connectivity index (χ0v) is 11.1. The van der Waals surface area contributed by atoms with E-state index >= 15 is 0 Å². The van der Waals surface area contributed by atoms with Gasteiger partial charge in [0, 0.05) is 6.07 Å². The van der Waals surface area contributed by atoms with Gasteiger partial charge in [-0.2, -0.15) is 5.26 Å². The fourth-order valence-corrected chi connectivity index (χ4v) is 1.79. The Hall–Kier alpha value is -1.56. The molecule has 0 spiro atoms. The highest BCUT2D eigenvalue weighted by atomic mass is 19.1. The van der Waals surface area contributed by atoms with Crippen LogP contribution in [0.4, 0.5) is 4.39 Å². The zero-order chi connectivity index (χ0) is 13.4. The lowest BCUT2D eigenvalue weighted by Gasteiger charge is -2.15. The first kappa shape index (κ1) is 14.5. The predicted octanol–water partition coefficient (Wildman–Crippen LogP) is 4.29. The van der Waals surface area contributed by atoms with Gasteiger partial charge in [0.05, 0.1) is 12.2 Å². The van der Waals surface area contributed by atoms with Crippen molar-refractivity contribution in [1.82, 2.24) is 0 Å². The van der Waals surface area contributed by atoms with Gasteiger partial charge < -0.3 is 4.74 Å². The minimum atomic E-state index is -0.517. The average Bonchev–Trinajstić information content (AvgIpc) is 2.39. The highest BCUT2D eigenvalue weighted by Gasteiger charge is 2.08. The summed E-state index contributed by atoms with van der Waals surface area (Å²) < 4.78 is 18.9. The third-order valence-electron chi connectivity index (χ3n) is 3.09. The van der Waals surface area contributed by atoms with Gasteiger partial charge in [-0.05, 0) is 24.5 Å². The van der Waals surface area contributed by atoms with Gasteiger partial charge in [-0.1, -0.05) is 33.1 Å². The van der Waals surface area contributed by atoms with E-state index in [4.69, 9.17) is 10.00 Å². The van der Waals surface area contributed by atoms with E-state index < -0.39 is 5.82 Å². The molecule has 0 aliphatic carbocycles. The van der Waals surface area contributed by atoms with E-state index in [0.717, 1.165) is 12.8 Å². The molecule has 0 heterocycles. The van der Waals surface area contributed by atoms with E-state index in [2.05, 4.69) is 13.8 Å². The quantitative estimate of drug-likeness (QED) is 0.722. The number of rotatable bonds is 7. The molecule has 1 aromatic carbocycles. The zero-order valence-electron chi connectivity index (χ0n) is 11.1. The monoisotopic (exact) mass is 249 g/mol. The van der Waals surface area contributed by atoms with Crippen LogP contribution in [0.3, 0.4) is 0 Å². The Morgan fingerprint density at radius 2 is 2.17 bits per heavy atom. The number of nitrogens with zero attached hydrogens (tertiary/aromatic N) is 1. The van der Waals surface area contributed by atoms with E-state index in [9.17, 15) is 4.39 Å². The van der Waals surface area contributed by atoms with E-state index in [1.807, 2.05) is 0 Å². The first-order valence-electron chi connectivity index (χ1n) is 6.53. The fraction of sp³-hybridized carbons (Fsp3) is 0.533. The topological polar surface area (TPSA) is 33.0 Å². The molecule has 0 aliphatic rings. The molecule has 0 saturated heterocycles. The Morgan fingerprint density at radius 1 is 1.39 bits per heavy atom. The summed E-state index contributed by atoms with van der Waals surface area (Å²) in [4.78, 5) is 0. The van der Waals surface area contributed by atoms with Crippen molar-refractivity contribution in [1.29, 1.82) is 5.26 Å². The van der Waals surface area contributed by atoms with Gasteiger partial charge >= 0.3 is 0 Å². The van der Waals surface area contributed by atoms with Crippen molar-refractivity contribution >= 4 is 0 Å². The minimum absolute atomic E-state index is 0.0559. The summed E-state index contributed by atoms with van der Waals surface area (Å²) >= 11 is 0. The lowest BCUT2D eigenvalue weighted by molar-refractivity contribution is 0.232. The van der Waals surface area contributed by atoms with Crippen molar-refractivity contribution in [3.05, 3.63) is 29.6 Å². The summed E-state index contributed by atoms with van der Waals surface area (Å²) in [6.07, 6.45) is 4.59. The molecule has 0 fully saturated rings. The second kappa shape index (κ2) is 7.71. The van der Waals surface area contributed by atoms with Crippen molar-refractivity contribution in [2.75, 3.05) is 6.61 Å². The molecular formula is C15H20FNO. The van der Waals surface area contributed by atoms with E-state index in [0.29, 0.717) is 18.3 Å². The molecule has 3 heteroatoms. The van der Waals surface area contributed by atoms with Crippen LogP contribution in [0.25, 0.3) is 0 Å². The highest BCUT2D eigenvalue weighted by Crippen LogP contribution is 2.19. The van der Waals surface area contributed by atoms with Gasteiger partial charge in [-0.3, -0.25) is 0 Å². The molecule has 1 rings (SSSR count). The summed E-state index contributed by atoms with van der Waals surface area (Å²) in [5.74, 6) is 0.502. The predicted molar refractivity (Wildman–Crippen MR) is 69.9 cm³/mol. The third kappa shape index (κ3) is 4.37. The average molecular weight is 249 g/mol. The van der Waals surface area contributed by atoms with Crippen LogP contribution in [0.15, 0.2) is 18.2 Å². The molecule has 0 aromatic heterocycles. The molecule has 1 atom stereocenters. The van der Waals surface area contributed by atoms with Crippen LogP contribution in [0.5, 0.6) is 5.75 Å². The van der Waals surface area contributed by atoms with Crippen molar-refractivity contribution in [2.24, 2.45) is 5.92 Å². The Kier molecular flexibility index (Phi) is 6.21. The second-order valence-electron chi connectivity index (χ2n) is 4.48.